The number of carboxylic acid groups (broad SMARTS) is 1. The minimum absolute atomic E-state index is 0.140. The Hall–Kier alpha value is -4.11. The van der Waals surface area contributed by atoms with E-state index < -0.39 is 222 Å². The van der Waals surface area contributed by atoms with Gasteiger partial charge in [0, 0.05) is 32.5 Å². The Morgan fingerprint density at radius 3 is 1.70 bits per heavy atom. The van der Waals surface area contributed by atoms with Crippen LogP contribution in [0, 0.1) is 0 Å². The van der Waals surface area contributed by atoms with E-state index in [-0.39, 0.29) is 18.7 Å². The molecule has 2 saturated carbocycles. The Bertz CT molecular complexity index is 2500. The van der Waals surface area contributed by atoms with Gasteiger partial charge in [0.05, 0.1) is 32.5 Å². The summed E-state index contributed by atoms with van der Waals surface area (Å²) < 4.78 is 88.7. The molecular weight excluding hydrogens is 1260 g/mol. The topological polar surface area (TPSA) is 588 Å². The SMILES string of the molecule is CC(=O)N[C@@H]1[C@H](O[C@H]2[C@H](O)[C@H](NC(C)=O)[C@H](O[C@@H]3[C@@H](OP(=O)(O)OC[C@@H](OCCN(C4CCCCC4)C4CCCCC4)C(=O)O)O[C@@H](C(N)=O)[C@@](C)(O)[C@@H]3OC(N)=O)O[C@H]2CO[C@@H]2O[C@@H](CO)[C@@H](O)[C@H](O)[C@@H]2O)O[C@@H](C)[C@@H](O[C@@H]2O[C@@H](C(N)=O)[C@H](O)[C@H](O)[C@@H]2O)[C@@H]1O. The number of amides is 5. The van der Waals surface area contributed by atoms with Crippen molar-refractivity contribution >= 4 is 43.5 Å². The fourth-order valence-electron chi connectivity index (χ4n) is 12.7. The number of hydrogen-bond acceptors (Lipinski definition) is 31. The molecule has 2 aliphatic carbocycles. The number of nitrogens with one attached hydrogen (secondary N) is 2. The highest BCUT2D eigenvalue weighted by Crippen LogP contribution is 2.49. The van der Waals surface area contributed by atoms with E-state index in [0.717, 1.165) is 85.0 Å². The number of aliphatic hydroxyl groups is 10. The number of aliphatic carboxylic acids is 1. The van der Waals surface area contributed by atoms with Crippen molar-refractivity contribution in [3.8, 4) is 0 Å². The van der Waals surface area contributed by atoms with Gasteiger partial charge in [-0.05, 0) is 39.5 Å². The molecule has 0 radical (unpaired) electrons. The largest absolute Gasteiger partial charge is 0.479 e. The molecule has 7 aliphatic rings. The first-order valence-corrected chi connectivity index (χ1v) is 31.7. The minimum atomic E-state index is -5.79. The molecule has 7 fully saturated rings. The number of hydrogen-bond donors (Lipinski definition) is 17. The molecule has 20 N–H and O–H groups in total. The van der Waals surface area contributed by atoms with Gasteiger partial charge >= 0.3 is 19.9 Å². The zero-order valence-corrected chi connectivity index (χ0v) is 51.7. The second kappa shape index (κ2) is 32.8. The maximum absolute atomic E-state index is 14.1. The Labute approximate surface area is 526 Å². The Kier molecular flexibility index (Phi) is 26.8. The van der Waals surface area contributed by atoms with Gasteiger partial charge in [0.25, 0.3) is 0 Å². The molecule has 0 aromatic heterocycles. The van der Waals surface area contributed by atoms with Crippen LogP contribution in [0.25, 0.3) is 0 Å². The second-order valence-electron chi connectivity index (χ2n) is 24.1. The number of carbonyl (C=O) groups is 6. The number of phosphoric ester groups is 1. The van der Waals surface area contributed by atoms with E-state index in [2.05, 4.69) is 15.5 Å². The molecule has 1 unspecified atom stereocenters. The summed E-state index contributed by atoms with van der Waals surface area (Å²) in [6.07, 6.45) is -39.0. The maximum Gasteiger partial charge on any atom is 0.474 e. The number of nitrogens with two attached hydrogens (primary N) is 3. The van der Waals surface area contributed by atoms with Gasteiger partial charge in [-0.25, -0.2) is 14.2 Å². The van der Waals surface area contributed by atoms with Crippen LogP contribution >= 0.6 is 7.82 Å². The summed E-state index contributed by atoms with van der Waals surface area (Å²) in [7, 11) is -5.79. The molecule has 528 valence electrons. The predicted octanol–water partition coefficient (Wildman–Crippen LogP) is -7.55. The summed E-state index contributed by atoms with van der Waals surface area (Å²) >= 11 is 0. The third kappa shape index (κ3) is 18.3. The highest BCUT2D eigenvalue weighted by molar-refractivity contribution is 7.47. The third-order valence-electron chi connectivity index (χ3n) is 17.3. The standard InChI is InChI=1S/C53H89N6O32P/c1-20-38(85-50-37(70)34(67)35(68)40(87-50)44(54)71)31(64)28(57-21(2)61)47(82-20)86-39-26(18-80-49-36(69)33(66)30(63)25(17-60)83-49)84-48(29(32(39)65)58-22(3)62)88-41-42(90-52(56)75)53(4,76)43(45(55)72)89-51(41)91-92(77,78)81-19-27(46(73)74)79-16-15-59(23-11-7-5-8-12-23)24-13-9-6-10-14-24/h20,23-43,47-51,60,63-70,76H,5-19H2,1-4H3,(H2,54,71)(H2,55,72)(H2,56,75)(H,57,61)(H,58,62)(H,73,74)(H,77,78)/t20-,25-,26-,27+,28-,29-,30+,31+,32+,33-,34-,35+,36-,37-,38+,39+,40+,41-,42+,43-,47-,48-,49+,50+,51+,53-/m0/s1. The van der Waals surface area contributed by atoms with Crippen molar-refractivity contribution in [2.24, 2.45) is 17.2 Å². The molecule has 0 aromatic rings. The van der Waals surface area contributed by atoms with Crippen molar-refractivity contribution in [1.82, 2.24) is 15.5 Å². The van der Waals surface area contributed by atoms with Crippen molar-refractivity contribution in [3.63, 3.8) is 0 Å². The average Bonchev–Trinajstić information content (AvgIpc) is 0.755. The molecule has 38 nitrogen and oxygen atoms in total. The summed E-state index contributed by atoms with van der Waals surface area (Å²) in [6, 6.07) is -3.38. The van der Waals surface area contributed by atoms with Crippen molar-refractivity contribution in [1.29, 1.82) is 0 Å². The fraction of sp³-hybridized carbons (Fsp3) is 0.887. The van der Waals surface area contributed by atoms with Crippen LogP contribution in [-0.2, 0) is 89.7 Å². The Balaban J connectivity index is 1.19. The van der Waals surface area contributed by atoms with Gasteiger partial charge < -0.3 is 141 Å². The molecule has 7 rings (SSSR count). The molecule has 5 heterocycles. The first kappa shape index (κ1) is 75.3. The number of nitrogens with zero attached hydrogens (tertiary/aromatic N) is 1. The fourth-order valence-corrected chi connectivity index (χ4v) is 13.5. The smallest absolute Gasteiger partial charge is 0.474 e. The molecule has 0 spiro atoms. The summed E-state index contributed by atoms with van der Waals surface area (Å²) in [5, 5.41) is 125. The van der Waals surface area contributed by atoms with E-state index in [4.69, 9.17) is 78.4 Å². The molecule has 39 heteroatoms. The summed E-state index contributed by atoms with van der Waals surface area (Å²) in [4.78, 5) is 90.1. The predicted molar refractivity (Wildman–Crippen MR) is 298 cm³/mol. The Morgan fingerprint density at radius 1 is 0.641 bits per heavy atom. The number of rotatable bonds is 27. The van der Waals surface area contributed by atoms with E-state index in [0.29, 0.717) is 6.54 Å². The van der Waals surface area contributed by atoms with Gasteiger partial charge in [0.1, 0.15) is 90.9 Å². The minimum Gasteiger partial charge on any atom is -0.479 e. The zero-order chi connectivity index (χ0) is 67.8. The quantitative estimate of drug-likeness (QED) is 0.0340. The van der Waals surface area contributed by atoms with Gasteiger partial charge in [-0.1, -0.05) is 38.5 Å². The van der Waals surface area contributed by atoms with Crippen LogP contribution in [0.2, 0.25) is 0 Å². The molecule has 0 aromatic carbocycles. The van der Waals surface area contributed by atoms with Crippen molar-refractivity contribution in [2.75, 3.05) is 33.0 Å². The monoisotopic (exact) mass is 1350 g/mol. The first-order valence-electron chi connectivity index (χ1n) is 30.2. The van der Waals surface area contributed by atoms with Crippen LogP contribution in [0.5, 0.6) is 0 Å². The number of primary amides is 3. The number of ether oxygens (including phenoxy) is 11. The molecule has 5 saturated heterocycles. The van der Waals surface area contributed by atoms with Gasteiger partial charge in [0.15, 0.2) is 62.0 Å². The molecule has 27 atom stereocenters. The molecular formula is C53H89N6O32P. The van der Waals surface area contributed by atoms with E-state index in [1.807, 2.05) is 0 Å². The van der Waals surface area contributed by atoms with Gasteiger partial charge in [-0.2, -0.15) is 0 Å². The summed E-state index contributed by atoms with van der Waals surface area (Å²) in [6.45, 7) is 1.02. The summed E-state index contributed by atoms with van der Waals surface area (Å²) in [5.41, 5.74) is 13.5. The lowest BCUT2D eigenvalue weighted by Gasteiger charge is -2.52. The van der Waals surface area contributed by atoms with Crippen molar-refractivity contribution in [3.05, 3.63) is 0 Å². The lowest BCUT2D eigenvalue weighted by atomic mass is 9.85. The van der Waals surface area contributed by atoms with E-state index in [9.17, 15) is 94.4 Å². The van der Waals surface area contributed by atoms with E-state index >= 15 is 0 Å². The molecule has 5 amide bonds. The highest BCUT2D eigenvalue weighted by Gasteiger charge is 2.62. The lowest BCUT2D eigenvalue weighted by molar-refractivity contribution is -0.375. The van der Waals surface area contributed by atoms with Gasteiger partial charge in [-0.3, -0.25) is 33.1 Å². The van der Waals surface area contributed by atoms with Crippen LogP contribution in [0.4, 0.5) is 4.79 Å². The van der Waals surface area contributed by atoms with Crippen LogP contribution in [0.1, 0.15) is 91.9 Å². The Morgan fingerprint density at radius 2 is 1.16 bits per heavy atom. The van der Waals surface area contributed by atoms with Gasteiger partial charge in [-0.15, -0.1) is 0 Å². The number of carboxylic acids is 1. The molecule has 92 heavy (non-hydrogen) atoms. The van der Waals surface area contributed by atoms with Crippen LogP contribution < -0.4 is 27.8 Å². The number of phosphoric acid groups is 1. The van der Waals surface area contributed by atoms with Crippen molar-refractivity contribution < 1.29 is 156 Å². The lowest BCUT2D eigenvalue weighted by Crippen LogP contribution is -2.72. The van der Waals surface area contributed by atoms with Gasteiger partial charge in [0.2, 0.25) is 23.6 Å². The van der Waals surface area contributed by atoms with Crippen LogP contribution in [0.15, 0.2) is 0 Å². The average molecular weight is 1350 g/mol. The van der Waals surface area contributed by atoms with E-state index in [1.54, 1.807) is 0 Å². The van der Waals surface area contributed by atoms with Crippen molar-refractivity contribution in [2.45, 2.75) is 263 Å². The zero-order valence-electron chi connectivity index (χ0n) is 50.9. The van der Waals surface area contributed by atoms with Crippen LogP contribution in [-0.4, -0.2) is 306 Å². The molecule has 0 bridgehead atoms. The number of carbonyl (C=O) groups excluding carboxylic acids is 5. The van der Waals surface area contributed by atoms with E-state index in [1.165, 1.54) is 6.92 Å². The number of aliphatic hydroxyl groups excluding tert-OH is 9. The normalized spacial score (nSPS) is 41.0. The maximum atomic E-state index is 14.1. The highest BCUT2D eigenvalue weighted by atomic mass is 31.2. The second-order valence-corrected chi connectivity index (χ2v) is 25.5. The summed E-state index contributed by atoms with van der Waals surface area (Å²) in [5.74, 6) is -6.30. The van der Waals surface area contributed by atoms with Crippen LogP contribution in [0.3, 0.4) is 0 Å². The first-order chi connectivity index (χ1) is 43.3. The third-order valence-corrected chi connectivity index (χ3v) is 18.3. The molecule has 5 aliphatic heterocycles.